The molecule has 0 amide bonds. The average molecular weight is 250 g/mol. The Morgan fingerprint density at radius 3 is 2.44 bits per heavy atom. The summed E-state index contributed by atoms with van der Waals surface area (Å²) in [6.07, 6.45) is 9.83. The Balaban J connectivity index is 2.31. The average Bonchev–Trinajstić information content (AvgIpc) is 2.38. The molecule has 1 aromatic rings. The van der Waals surface area contributed by atoms with Gasteiger partial charge >= 0.3 is 0 Å². The Kier molecular flexibility index (Phi) is 7.62. The molecular formula is C15H26N2O. The van der Waals surface area contributed by atoms with Crippen molar-refractivity contribution in [2.45, 2.75) is 58.1 Å². The van der Waals surface area contributed by atoms with Crippen LogP contribution in [0.5, 0.6) is 0 Å². The van der Waals surface area contributed by atoms with Gasteiger partial charge in [0.15, 0.2) is 0 Å². The highest BCUT2D eigenvalue weighted by Crippen LogP contribution is 2.20. The predicted octanol–water partition coefficient (Wildman–Crippen LogP) is 3.46. The first-order valence-electron chi connectivity index (χ1n) is 7.02. The maximum absolute atomic E-state index is 5.99. The van der Waals surface area contributed by atoms with Gasteiger partial charge < -0.3 is 10.5 Å². The second-order valence-corrected chi connectivity index (χ2v) is 4.85. The molecule has 0 aliphatic heterocycles. The highest BCUT2D eigenvalue weighted by Gasteiger charge is 2.16. The zero-order valence-corrected chi connectivity index (χ0v) is 11.6. The summed E-state index contributed by atoms with van der Waals surface area (Å²) in [4.78, 5) is 4.02. The van der Waals surface area contributed by atoms with E-state index in [4.69, 9.17) is 10.5 Å². The molecule has 0 aromatic carbocycles. The van der Waals surface area contributed by atoms with Crippen LogP contribution in [0, 0.1) is 0 Å². The van der Waals surface area contributed by atoms with Crippen LogP contribution in [0.1, 0.15) is 57.6 Å². The van der Waals surface area contributed by atoms with Crippen LogP contribution in [0.4, 0.5) is 0 Å². The van der Waals surface area contributed by atoms with Gasteiger partial charge in [0.25, 0.3) is 0 Å². The van der Waals surface area contributed by atoms with E-state index in [-0.39, 0.29) is 12.1 Å². The molecule has 0 bridgehead atoms. The Hall–Kier alpha value is -0.930. The van der Waals surface area contributed by atoms with Crippen molar-refractivity contribution in [3.63, 3.8) is 0 Å². The van der Waals surface area contributed by atoms with Crippen LogP contribution in [0.15, 0.2) is 24.5 Å². The van der Waals surface area contributed by atoms with Crippen LogP contribution in [-0.2, 0) is 4.74 Å². The van der Waals surface area contributed by atoms with Crippen molar-refractivity contribution in [3.8, 4) is 0 Å². The van der Waals surface area contributed by atoms with Crippen LogP contribution in [0.25, 0.3) is 0 Å². The van der Waals surface area contributed by atoms with Gasteiger partial charge in [-0.3, -0.25) is 4.98 Å². The molecule has 0 saturated carbocycles. The minimum Gasteiger partial charge on any atom is -0.372 e. The third-order valence-corrected chi connectivity index (χ3v) is 3.06. The van der Waals surface area contributed by atoms with Crippen molar-refractivity contribution in [2.24, 2.45) is 5.73 Å². The van der Waals surface area contributed by atoms with E-state index in [9.17, 15) is 0 Å². The lowest BCUT2D eigenvalue weighted by molar-refractivity contribution is 0.0358. The number of hydrogen-bond acceptors (Lipinski definition) is 3. The van der Waals surface area contributed by atoms with Crippen LogP contribution in [0.3, 0.4) is 0 Å². The first-order chi connectivity index (χ1) is 8.75. The van der Waals surface area contributed by atoms with Crippen molar-refractivity contribution in [3.05, 3.63) is 30.1 Å². The van der Waals surface area contributed by atoms with Gasteiger partial charge in [-0.1, -0.05) is 32.6 Å². The molecule has 0 aliphatic carbocycles. The smallest absolute Gasteiger partial charge is 0.0974 e. The van der Waals surface area contributed by atoms with E-state index >= 15 is 0 Å². The lowest BCUT2D eigenvalue weighted by Crippen LogP contribution is -2.27. The summed E-state index contributed by atoms with van der Waals surface area (Å²) in [5.74, 6) is 0. The van der Waals surface area contributed by atoms with Gasteiger partial charge in [0.2, 0.25) is 0 Å². The van der Waals surface area contributed by atoms with Crippen LogP contribution >= 0.6 is 0 Å². The summed E-state index contributed by atoms with van der Waals surface area (Å²) in [5, 5.41) is 0. The zero-order chi connectivity index (χ0) is 13.2. The van der Waals surface area contributed by atoms with E-state index in [0.717, 1.165) is 18.6 Å². The molecule has 2 N–H and O–H groups in total. The molecule has 0 aliphatic rings. The number of hydrogen-bond donors (Lipinski definition) is 1. The SMILES string of the molecule is CCCCCCCOC(c1ccncc1)C(C)N. The summed E-state index contributed by atoms with van der Waals surface area (Å²) >= 11 is 0. The van der Waals surface area contributed by atoms with Gasteiger partial charge in [-0.2, -0.15) is 0 Å². The topological polar surface area (TPSA) is 48.1 Å². The van der Waals surface area contributed by atoms with Crippen LogP contribution < -0.4 is 5.73 Å². The van der Waals surface area contributed by atoms with Gasteiger partial charge in [0, 0.05) is 25.0 Å². The fraction of sp³-hybridized carbons (Fsp3) is 0.667. The second kappa shape index (κ2) is 9.06. The first-order valence-corrected chi connectivity index (χ1v) is 7.02. The lowest BCUT2D eigenvalue weighted by Gasteiger charge is -2.21. The first kappa shape index (κ1) is 15.1. The number of pyridine rings is 1. The number of nitrogens with zero attached hydrogens (tertiary/aromatic N) is 1. The number of aromatic nitrogens is 1. The Morgan fingerprint density at radius 2 is 1.83 bits per heavy atom. The maximum Gasteiger partial charge on any atom is 0.0974 e. The quantitative estimate of drug-likeness (QED) is 0.683. The van der Waals surface area contributed by atoms with Gasteiger partial charge in [-0.25, -0.2) is 0 Å². The molecule has 0 radical (unpaired) electrons. The standard InChI is InChI=1S/C15H26N2O/c1-3-4-5-6-7-12-18-15(13(2)16)14-8-10-17-11-9-14/h8-11,13,15H,3-7,12,16H2,1-2H3. The third kappa shape index (κ3) is 5.61. The summed E-state index contributed by atoms with van der Waals surface area (Å²) in [6.45, 7) is 5.01. The number of rotatable bonds is 9. The Bertz CT molecular complexity index is 301. The molecule has 18 heavy (non-hydrogen) atoms. The Morgan fingerprint density at radius 1 is 1.17 bits per heavy atom. The fourth-order valence-corrected chi connectivity index (χ4v) is 2.02. The molecule has 0 spiro atoms. The molecule has 1 rings (SSSR count). The molecule has 2 unspecified atom stereocenters. The third-order valence-electron chi connectivity index (χ3n) is 3.06. The molecule has 0 fully saturated rings. The molecule has 102 valence electrons. The Labute approximate surface area is 111 Å². The normalized spacial score (nSPS) is 14.4. The predicted molar refractivity (Wildman–Crippen MR) is 75.3 cm³/mol. The van der Waals surface area contributed by atoms with Gasteiger partial charge in [0.1, 0.15) is 0 Å². The fourth-order valence-electron chi connectivity index (χ4n) is 2.02. The zero-order valence-electron chi connectivity index (χ0n) is 11.6. The number of nitrogens with two attached hydrogens (primary N) is 1. The highest BCUT2D eigenvalue weighted by molar-refractivity contribution is 5.14. The van der Waals surface area contributed by atoms with Crippen molar-refractivity contribution in [1.29, 1.82) is 0 Å². The summed E-state index contributed by atoms with van der Waals surface area (Å²) in [6, 6.07) is 3.96. The van der Waals surface area contributed by atoms with Crippen molar-refractivity contribution in [2.75, 3.05) is 6.61 Å². The van der Waals surface area contributed by atoms with E-state index in [0.29, 0.717) is 0 Å². The highest BCUT2D eigenvalue weighted by atomic mass is 16.5. The monoisotopic (exact) mass is 250 g/mol. The van der Waals surface area contributed by atoms with Crippen LogP contribution in [-0.4, -0.2) is 17.6 Å². The molecule has 0 saturated heterocycles. The summed E-state index contributed by atoms with van der Waals surface area (Å²) < 4.78 is 5.92. The summed E-state index contributed by atoms with van der Waals surface area (Å²) in [7, 11) is 0. The van der Waals surface area contributed by atoms with E-state index in [1.807, 2.05) is 19.1 Å². The second-order valence-electron chi connectivity index (χ2n) is 4.85. The molecule has 2 atom stereocenters. The molecule has 1 heterocycles. The maximum atomic E-state index is 5.99. The van der Waals surface area contributed by atoms with Crippen molar-refractivity contribution in [1.82, 2.24) is 4.98 Å². The van der Waals surface area contributed by atoms with Gasteiger partial charge in [-0.05, 0) is 31.0 Å². The largest absolute Gasteiger partial charge is 0.372 e. The minimum atomic E-state index is -0.0147. The van der Waals surface area contributed by atoms with Crippen molar-refractivity contribution >= 4 is 0 Å². The van der Waals surface area contributed by atoms with Gasteiger partial charge in [0.05, 0.1) is 6.10 Å². The van der Waals surface area contributed by atoms with Crippen molar-refractivity contribution < 1.29 is 4.74 Å². The van der Waals surface area contributed by atoms with Gasteiger partial charge in [-0.15, -0.1) is 0 Å². The van der Waals surface area contributed by atoms with E-state index < -0.39 is 0 Å². The molecule has 1 aromatic heterocycles. The van der Waals surface area contributed by atoms with Crippen LogP contribution in [0.2, 0.25) is 0 Å². The van der Waals surface area contributed by atoms with E-state index in [2.05, 4.69) is 11.9 Å². The number of unbranched alkanes of at least 4 members (excludes halogenated alkanes) is 4. The number of ether oxygens (including phenoxy) is 1. The van der Waals surface area contributed by atoms with E-state index in [1.165, 1.54) is 25.7 Å². The minimum absolute atomic E-state index is 0.00282. The molecular weight excluding hydrogens is 224 g/mol. The van der Waals surface area contributed by atoms with E-state index in [1.54, 1.807) is 12.4 Å². The molecule has 3 heteroatoms. The molecule has 3 nitrogen and oxygen atoms in total. The lowest BCUT2D eigenvalue weighted by atomic mass is 10.1. The summed E-state index contributed by atoms with van der Waals surface area (Å²) in [5.41, 5.74) is 7.10.